The third-order valence-corrected chi connectivity index (χ3v) is 11.5. The zero-order valence-electron chi connectivity index (χ0n) is 32.9. The molecule has 0 spiro atoms. The third-order valence-electron chi connectivity index (χ3n) is 10.6. The number of ketones is 3. The average molecular weight is 868 g/mol. The van der Waals surface area contributed by atoms with Crippen LogP contribution >= 0.6 is 27.5 Å². The van der Waals surface area contributed by atoms with E-state index >= 15 is 0 Å². The molecule has 7 heteroatoms. The van der Waals surface area contributed by atoms with Gasteiger partial charge in [0.2, 0.25) is 0 Å². The standard InChI is InChI=1S/C31H24ClNO2.C22H16BrNO/c1-21(34)27-18-26(32)16-15-24(27)17-25-13-8-14-29-30(25)28(31(35)23-11-6-3-7-12-23)20-33(29)19-22-9-4-2-5-10-22;23-19-12-7-13-20-21(19)18(22(25)17-10-5-2-6-11-17)15-24(20)14-16-8-3-1-4-9-16/h2-16,18,20H,17,19H2,1H3;1-13,15H,14H2. The SMILES string of the molecule is CC(=O)c1cc(Cl)ccc1Cc1cccc2c1c(C(=O)c1ccccc1)cn2Cc1ccccc1.O=C(c1ccccc1)c1cn(Cc2ccccc2)c2cccc(Br)c12. The lowest BCUT2D eigenvalue weighted by atomic mass is 9.93. The number of aromatic nitrogens is 2. The number of Topliss-reactive ketones (excluding diaryl/α,β-unsaturated/α-hetero) is 1. The van der Waals surface area contributed by atoms with E-state index in [2.05, 4.69) is 61.5 Å². The number of nitrogens with zero attached hydrogens (tertiary/aromatic N) is 2. The number of hydrogen-bond acceptors (Lipinski definition) is 3. The van der Waals surface area contributed by atoms with Gasteiger partial charge in [0.1, 0.15) is 0 Å². The van der Waals surface area contributed by atoms with Crippen LogP contribution in [0.25, 0.3) is 21.8 Å². The minimum absolute atomic E-state index is 0.0160. The van der Waals surface area contributed by atoms with Gasteiger partial charge in [0.15, 0.2) is 17.3 Å². The number of rotatable bonds is 11. The van der Waals surface area contributed by atoms with Crippen LogP contribution in [0.1, 0.15) is 71.4 Å². The second-order valence-corrected chi connectivity index (χ2v) is 16.0. The summed E-state index contributed by atoms with van der Waals surface area (Å²) in [5, 5.41) is 2.42. The Morgan fingerprint density at radius 1 is 0.500 bits per heavy atom. The molecule has 0 unspecified atom stereocenters. The fraction of sp³-hybridized carbons (Fsp3) is 0.0755. The van der Waals surface area contributed by atoms with Gasteiger partial charge in [-0.1, -0.05) is 173 Å². The Labute approximate surface area is 362 Å². The summed E-state index contributed by atoms with van der Waals surface area (Å²) in [4.78, 5) is 39.0. The molecule has 0 amide bonds. The first-order chi connectivity index (χ1) is 29.2. The molecule has 60 heavy (non-hydrogen) atoms. The van der Waals surface area contributed by atoms with Crippen LogP contribution in [0.15, 0.2) is 193 Å². The Balaban J connectivity index is 0.000000176. The second kappa shape index (κ2) is 18.1. The van der Waals surface area contributed by atoms with E-state index in [-0.39, 0.29) is 17.3 Å². The first kappa shape index (κ1) is 40.2. The predicted molar refractivity (Wildman–Crippen MR) is 247 cm³/mol. The lowest BCUT2D eigenvalue weighted by Crippen LogP contribution is -2.03. The maximum atomic E-state index is 13.7. The Morgan fingerprint density at radius 3 is 1.48 bits per heavy atom. The van der Waals surface area contributed by atoms with Crippen molar-refractivity contribution in [2.45, 2.75) is 26.4 Å². The molecule has 0 saturated heterocycles. The van der Waals surface area contributed by atoms with E-state index in [4.69, 9.17) is 11.6 Å². The van der Waals surface area contributed by atoms with E-state index in [1.165, 1.54) is 5.56 Å². The van der Waals surface area contributed by atoms with Gasteiger partial charge in [-0.2, -0.15) is 0 Å². The van der Waals surface area contributed by atoms with Crippen LogP contribution < -0.4 is 0 Å². The van der Waals surface area contributed by atoms with Crippen molar-refractivity contribution in [3.63, 3.8) is 0 Å². The summed E-state index contributed by atoms with van der Waals surface area (Å²) >= 11 is 9.80. The Bertz CT molecular complexity index is 2980. The van der Waals surface area contributed by atoms with Gasteiger partial charge in [-0.15, -0.1) is 0 Å². The van der Waals surface area contributed by atoms with E-state index in [1.807, 2.05) is 140 Å². The lowest BCUT2D eigenvalue weighted by Gasteiger charge is -2.11. The molecule has 0 saturated carbocycles. The molecule has 9 aromatic rings. The maximum absolute atomic E-state index is 13.7. The highest BCUT2D eigenvalue weighted by Gasteiger charge is 2.21. The number of benzene rings is 7. The number of fused-ring (bicyclic) bond motifs is 2. The first-order valence-electron chi connectivity index (χ1n) is 19.7. The molecule has 7 aromatic carbocycles. The van der Waals surface area contributed by atoms with Crippen molar-refractivity contribution in [2.75, 3.05) is 0 Å². The van der Waals surface area contributed by atoms with E-state index in [0.29, 0.717) is 40.2 Å². The molecular weight excluding hydrogens is 828 g/mol. The molecule has 0 bridgehead atoms. The molecule has 0 atom stereocenters. The van der Waals surface area contributed by atoms with E-state index in [0.717, 1.165) is 55.1 Å². The molecule has 5 nitrogen and oxygen atoms in total. The summed E-state index contributed by atoms with van der Waals surface area (Å²) in [6.45, 7) is 2.94. The van der Waals surface area contributed by atoms with Gasteiger partial charge in [0, 0.05) is 79.1 Å². The Morgan fingerprint density at radius 2 is 0.967 bits per heavy atom. The largest absolute Gasteiger partial charge is 0.342 e. The van der Waals surface area contributed by atoms with Crippen molar-refractivity contribution in [1.82, 2.24) is 9.13 Å². The van der Waals surface area contributed by atoms with Crippen molar-refractivity contribution in [3.05, 3.63) is 248 Å². The van der Waals surface area contributed by atoms with E-state index in [9.17, 15) is 14.4 Å². The summed E-state index contributed by atoms with van der Waals surface area (Å²) in [7, 11) is 0. The van der Waals surface area contributed by atoms with Crippen LogP contribution in [-0.4, -0.2) is 26.5 Å². The number of halogens is 2. The fourth-order valence-electron chi connectivity index (χ4n) is 7.77. The molecule has 0 radical (unpaired) electrons. The summed E-state index contributed by atoms with van der Waals surface area (Å²) in [6.07, 6.45) is 4.45. The van der Waals surface area contributed by atoms with Gasteiger partial charge in [-0.3, -0.25) is 14.4 Å². The molecule has 0 aliphatic carbocycles. The minimum Gasteiger partial charge on any atom is -0.342 e. The van der Waals surface area contributed by atoms with Crippen LogP contribution in [0.5, 0.6) is 0 Å². The normalized spacial score (nSPS) is 11.0. The van der Waals surface area contributed by atoms with Gasteiger partial charge in [0.05, 0.1) is 5.52 Å². The van der Waals surface area contributed by atoms with Crippen LogP contribution in [0.4, 0.5) is 0 Å². The number of hydrogen-bond donors (Lipinski definition) is 0. The molecular formula is C53H40BrClN2O3. The molecule has 0 N–H and O–H groups in total. The summed E-state index contributed by atoms with van der Waals surface area (Å²) < 4.78 is 5.22. The van der Waals surface area contributed by atoms with Crippen molar-refractivity contribution in [2.24, 2.45) is 0 Å². The van der Waals surface area contributed by atoms with Gasteiger partial charge in [0.25, 0.3) is 0 Å². The highest BCUT2D eigenvalue weighted by Crippen LogP contribution is 2.33. The van der Waals surface area contributed by atoms with E-state index < -0.39 is 0 Å². The lowest BCUT2D eigenvalue weighted by molar-refractivity contribution is 0.101. The van der Waals surface area contributed by atoms with E-state index in [1.54, 1.807) is 19.1 Å². The maximum Gasteiger partial charge on any atom is 0.195 e. The average Bonchev–Trinajstić information content (AvgIpc) is 3.84. The smallest absolute Gasteiger partial charge is 0.195 e. The molecule has 9 rings (SSSR count). The Hall–Kier alpha value is -6.60. The quantitative estimate of drug-likeness (QED) is 0.122. The Kier molecular flexibility index (Phi) is 12.1. The number of carbonyl (C=O) groups is 3. The summed E-state index contributed by atoms with van der Waals surface area (Å²) in [6, 6.07) is 56.9. The second-order valence-electron chi connectivity index (χ2n) is 14.7. The van der Waals surface area contributed by atoms with Gasteiger partial charge in [-0.05, 0) is 65.9 Å². The molecule has 294 valence electrons. The van der Waals surface area contributed by atoms with Crippen LogP contribution in [0.2, 0.25) is 5.02 Å². The van der Waals surface area contributed by atoms with Gasteiger partial charge in [-0.25, -0.2) is 0 Å². The molecule has 0 aliphatic rings. The summed E-state index contributed by atoms with van der Waals surface area (Å²) in [5.74, 6) is -0.000945. The van der Waals surface area contributed by atoms with Crippen LogP contribution in [0, 0.1) is 0 Å². The summed E-state index contributed by atoms with van der Waals surface area (Å²) in [5.41, 5.74) is 9.65. The number of carbonyl (C=O) groups excluding carboxylic acids is 3. The van der Waals surface area contributed by atoms with Crippen molar-refractivity contribution in [1.29, 1.82) is 0 Å². The van der Waals surface area contributed by atoms with Crippen LogP contribution in [-0.2, 0) is 19.5 Å². The van der Waals surface area contributed by atoms with Crippen molar-refractivity contribution >= 4 is 66.7 Å². The monoisotopic (exact) mass is 866 g/mol. The molecule has 0 fully saturated rings. The third kappa shape index (κ3) is 8.71. The first-order valence-corrected chi connectivity index (χ1v) is 20.9. The predicted octanol–water partition coefficient (Wildman–Crippen LogP) is 13.1. The fourth-order valence-corrected chi connectivity index (χ4v) is 8.52. The van der Waals surface area contributed by atoms with Crippen molar-refractivity contribution < 1.29 is 14.4 Å². The van der Waals surface area contributed by atoms with Gasteiger partial charge < -0.3 is 9.13 Å². The minimum atomic E-state index is -0.0306. The topological polar surface area (TPSA) is 61.1 Å². The molecule has 0 aliphatic heterocycles. The zero-order chi connectivity index (χ0) is 41.6. The highest BCUT2D eigenvalue weighted by molar-refractivity contribution is 9.10. The van der Waals surface area contributed by atoms with Crippen LogP contribution in [0.3, 0.4) is 0 Å². The van der Waals surface area contributed by atoms with Crippen molar-refractivity contribution in [3.8, 4) is 0 Å². The molecule has 2 heterocycles. The highest BCUT2D eigenvalue weighted by atomic mass is 79.9. The molecule has 2 aromatic heterocycles. The zero-order valence-corrected chi connectivity index (χ0v) is 35.2. The van der Waals surface area contributed by atoms with Gasteiger partial charge >= 0.3 is 0 Å².